The number of alkyl halides is 1. The molecule has 1 aliphatic rings. The second-order valence-corrected chi connectivity index (χ2v) is 6.98. The van der Waals surface area contributed by atoms with Crippen molar-refractivity contribution in [3.05, 3.63) is 47.5 Å². The van der Waals surface area contributed by atoms with E-state index in [1.54, 1.807) is 20.8 Å². The third kappa shape index (κ3) is 5.18. The highest BCUT2D eigenvalue weighted by atomic mass is 19.1. The SMILES string of the molecule is CC1CC=CC(c2ccc(C(CF)NC(=O)OC(C)(C)C)cc2)=N1. The highest BCUT2D eigenvalue weighted by Crippen LogP contribution is 2.18. The number of hydrogen-bond donors (Lipinski definition) is 1. The van der Waals surface area contributed by atoms with Gasteiger partial charge in [-0.2, -0.15) is 0 Å². The van der Waals surface area contributed by atoms with Crippen molar-refractivity contribution >= 4 is 11.8 Å². The largest absolute Gasteiger partial charge is 0.444 e. The van der Waals surface area contributed by atoms with Crippen LogP contribution in [0.5, 0.6) is 0 Å². The van der Waals surface area contributed by atoms with Gasteiger partial charge in [-0.15, -0.1) is 0 Å². The van der Waals surface area contributed by atoms with Crippen LogP contribution >= 0.6 is 0 Å². The molecule has 2 atom stereocenters. The standard InChI is InChI=1S/C19H25FN2O2/c1-13-6-5-7-16(21-13)14-8-10-15(11-9-14)17(12-20)22-18(23)24-19(2,3)4/h5,7-11,13,17H,6,12H2,1-4H3,(H,22,23). The van der Waals surface area contributed by atoms with Gasteiger partial charge >= 0.3 is 6.09 Å². The van der Waals surface area contributed by atoms with Crippen LogP contribution in [0.15, 0.2) is 41.4 Å². The summed E-state index contributed by atoms with van der Waals surface area (Å²) in [6, 6.07) is 6.97. The normalized spacial score (nSPS) is 18.7. The van der Waals surface area contributed by atoms with E-state index in [2.05, 4.69) is 23.3 Å². The Kier molecular flexibility index (Phi) is 5.75. The second kappa shape index (κ2) is 7.60. The van der Waals surface area contributed by atoms with E-state index in [1.807, 2.05) is 30.3 Å². The summed E-state index contributed by atoms with van der Waals surface area (Å²) in [6.45, 7) is 6.68. The Morgan fingerprint density at radius 3 is 2.58 bits per heavy atom. The number of carbonyl (C=O) groups excluding carboxylic acids is 1. The van der Waals surface area contributed by atoms with E-state index in [0.29, 0.717) is 5.56 Å². The summed E-state index contributed by atoms with van der Waals surface area (Å²) in [5.74, 6) is 0. The summed E-state index contributed by atoms with van der Waals surface area (Å²) >= 11 is 0. The number of nitrogens with one attached hydrogen (secondary N) is 1. The van der Waals surface area contributed by atoms with E-state index in [-0.39, 0.29) is 6.04 Å². The summed E-state index contributed by atoms with van der Waals surface area (Å²) in [5.41, 5.74) is 1.99. The van der Waals surface area contributed by atoms with Gasteiger partial charge in [0.15, 0.2) is 0 Å². The van der Waals surface area contributed by atoms with Gasteiger partial charge in [-0.05, 0) is 51.3 Å². The zero-order valence-corrected chi connectivity index (χ0v) is 14.7. The Morgan fingerprint density at radius 1 is 1.38 bits per heavy atom. The molecule has 0 radical (unpaired) electrons. The minimum atomic E-state index is -0.725. The summed E-state index contributed by atoms with van der Waals surface area (Å²) < 4.78 is 18.5. The molecule has 4 nitrogen and oxygen atoms in total. The Bertz CT molecular complexity index is 630. The number of amides is 1. The van der Waals surface area contributed by atoms with Gasteiger partial charge in [0.05, 0.1) is 17.8 Å². The molecule has 1 aliphatic heterocycles. The molecule has 0 aromatic heterocycles. The van der Waals surface area contributed by atoms with E-state index >= 15 is 0 Å². The van der Waals surface area contributed by atoms with Crippen molar-refractivity contribution in [3.8, 4) is 0 Å². The summed E-state index contributed by atoms with van der Waals surface area (Å²) in [6.07, 6.45) is 4.43. The van der Waals surface area contributed by atoms with E-state index in [4.69, 9.17) is 4.74 Å². The molecule has 1 aromatic carbocycles. The third-order valence-electron chi connectivity index (χ3n) is 3.57. The first-order chi connectivity index (χ1) is 11.3. The molecule has 0 aliphatic carbocycles. The Hall–Kier alpha value is -2.17. The Labute approximate surface area is 142 Å². The fourth-order valence-electron chi connectivity index (χ4n) is 2.43. The van der Waals surface area contributed by atoms with Gasteiger partial charge in [-0.1, -0.05) is 30.3 Å². The number of hydrogen-bond acceptors (Lipinski definition) is 3. The van der Waals surface area contributed by atoms with Crippen LogP contribution in [0.3, 0.4) is 0 Å². The predicted octanol–water partition coefficient (Wildman–Crippen LogP) is 4.36. The first-order valence-electron chi connectivity index (χ1n) is 8.18. The number of halogens is 1. The number of rotatable bonds is 4. The van der Waals surface area contributed by atoms with Gasteiger partial charge in [0.25, 0.3) is 0 Å². The van der Waals surface area contributed by atoms with Crippen LogP contribution in [0.4, 0.5) is 9.18 Å². The van der Waals surface area contributed by atoms with E-state index in [9.17, 15) is 9.18 Å². The topological polar surface area (TPSA) is 50.7 Å². The number of benzene rings is 1. The Balaban J connectivity index is 2.07. The lowest BCUT2D eigenvalue weighted by Crippen LogP contribution is -2.35. The molecular weight excluding hydrogens is 307 g/mol. The van der Waals surface area contributed by atoms with Crippen LogP contribution in [-0.2, 0) is 4.74 Å². The number of alkyl carbamates (subject to hydrolysis) is 1. The quantitative estimate of drug-likeness (QED) is 0.890. The second-order valence-electron chi connectivity index (χ2n) is 6.98. The van der Waals surface area contributed by atoms with Crippen molar-refractivity contribution < 1.29 is 13.9 Å². The third-order valence-corrected chi connectivity index (χ3v) is 3.57. The summed E-state index contributed by atoms with van der Waals surface area (Å²) in [7, 11) is 0. The van der Waals surface area contributed by atoms with E-state index < -0.39 is 24.4 Å². The molecule has 1 amide bonds. The lowest BCUT2D eigenvalue weighted by molar-refractivity contribution is 0.0495. The highest BCUT2D eigenvalue weighted by molar-refractivity contribution is 6.09. The number of ether oxygens (including phenoxy) is 1. The molecule has 0 fully saturated rings. The van der Waals surface area contributed by atoms with E-state index in [1.165, 1.54) is 0 Å². The maximum atomic E-state index is 13.3. The van der Waals surface area contributed by atoms with Crippen molar-refractivity contribution in [2.45, 2.75) is 51.8 Å². The van der Waals surface area contributed by atoms with Gasteiger partial charge in [0.2, 0.25) is 0 Å². The summed E-state index contributed by atoms with van der Waals surface area (Å²) in [5, 5.41) is 2.57. The zero-order valence-electron chi connectivity index (χ0n) is 14.7. The van der Waals surface area contributed by atoms with Gasteiger partial charge in [0.1, 0.15) is 12.3 Å². The monoisotopic (exact) mass is 332 g/mol. The fourth-order valence-corrected chi connectivity index (χ4v) is 2.43. The lowest BCUT2D eigenvalue weighted by Gasteiger charge is -2.22. The molecule has 0 bridgehead atoms. The minimum Gasteiger partial charge on any atom is -0.444 e. The fraction of sp³-hybridized carbons (Fsp3) is 0.474. The van der Waals surface area contributed by atoms with Crippen molar-refractivity contribution in [2.24, 2.45) is 4.99 Å². The maximum absolute atomic E-state index is 13.3. The zero-order chi connectivity index (χ0) is 17.7. The Morgan fingerprint density at radius 2 is 2.04 bits per heavy atom. The van der Waals surface area contributed by atoms with Gasteiger partial charge in [0, 0.05) is 0 Å². The van der Waals surface area contributed by atoms with Crippen molar-refractivity contribution in [3.63, 3.8) is 0 Å². The average molecular weight is 332 g/mol. The maximum Gasteiger partial charge on any atom is 0.408 e. The number of carbonyl (C=O) groups is 1. The van der Waals surface area contributed by atoms with Crippen molar-refractivity contribution in [2.75, 3.05) is 6.67 Å². The van der Waals surface area contributed by atoms with Gasteiger partial charge in [-0.25, -0.2) is 9.18 Å². The molecule has 0 saturated carbocycles. The molecule has 2 rings (SSSR count). The van der Waals surface area contributed by atoms with Crippen LogP contribution in [-0.4, -0.2) is 30.1 Å². The summed E-state index contributed by atoms with van der Waals surface area (Å²) in [4.78, 5) is 16.4. The van der Waals surface area contributed by atoms with Crippen molar-refractivity contribution in [1.29, 1.82) is 0 Å². The molecule has 2 unspecified atom stereocenters. The first kappa shape index (κ1) is 18.2. The van der Waals surface area contributed by atoms with Gasteiger partial charge < -0.3 is 10.1 Å². The molecule has 0 saturated heterocycles. The first-order valence-corrected chi connectivity index (χ1v) is 8.18. The molecular formula is C19H25FN2O2. The molecule has 0 spiro atoms. The predicted molar refractivity (Wildman–Crippen MR) is 94.3 cm³/mol. The van der Waals surface area contributed by atoms with Crippen LogP contribution in [0, 0.1) is 0 Å². The van der Waals surface area contributed by atoms with E-state index in [0.717, 1.165) is 17.7 Å². The van der Waals surface area contributed by atoms with Crippen LogP contribution < -0.4 is 5.32 Å². The lowest BCUT2D eigenvalue weighted by atomic mass is 10.0. The van der Waals surface area contributed by atoms with Crippen LogP contribution in [0.1, 0.15) is 51.3 Å². The minimum absolute atomic E-state index is 0.275. The average Bonchev–Trinajstić information content (AvgIpc) is 2.51. The molecule has 1 aromatic rings. The smallest absolute Gasteiger partial charge is 0.408 e. The number of aliphatic imine (C=N–C) groups is 1. The van der Waals surface area contributed by atoms with Crippen LogP contribution in [0.2, 0.25) is 0 Å². The molecule has 24 heavy (non-hydrogen) atoms. The molecule has 5 heteroatoms. The number of dihydropyridines is 1. The van der Waals surface area contributed by atoms with Crippen LogP contribution in [0.25, 0.3) is 0 Å². The van der Waals surface area contributed by atoms with Crippen molar-refractivity contribution in [1.82, 2.24) is 5.32 Å². The molecule has 1 N–H and O–H groups in total. The molecule has 130 valence electrons. The highest BCUT2D eigenvalue weighted by Gasteiger charge is 2.20. The van der Waals surface area contributed by atoms with Gasteiger partial charge in [-0.3, -0.25) is 4.99 Å². The molecule has 1 heterocycles. The number of allylic oxidation sites excluding steroid dienone is 1. The number of nitrogens with zero attached hydrogens (tertiary/aromatic N) is 1.